The monoisotopic (exact) mass is 337 g/mol. The maximum Gasteiger partial charge on any atom is 0.255 e. The number of amides is 1. The third-order valence-corrected chi connectivity index (χ3v) is 3.93. The number of carbonyl (C=O) groups excluding carboxylic acids is 1. The van der Waals surface area contributed by atoms with E-state index in [-0.39, 0.29) is 17.4 Å². The molecule has 0 spiro atoms. The van der Waals surface area contributed by atoms with Crippen LogP contribution in [0.15, 0.2) is 34.9 Å². The molecule has 0 aliphatic heterocycles. The smallest absolute Gasteiger partial charge is 0.255 e. The highest BCUT2D eigenvalue weighted by Crippen LogP contribution is 2.25. The molecule has 0 saturated carbocycles. The second-order valence-corrected chi connectivity index (χ2v) is 6.81. The van der Waals surface area contributed by atoms with Crippen molar-refractivity contribution in [2.45, 2.75) is 33.2 Å². The standard InChI is InChI=1S/C16H20BrNO2/c1-16(2,3)14(8-9-17)18-15(19)12-10-20-13-7-5-4-6-11(12)13/h4-7,10,14H,8-9H2,1-3H3,(H,18,19). The van der Waals surface area contributed by atoms with Crippen molar-refractivity contribution in [3.63, 3.8) is 0 Å². The third kappa shape index (κ3) is 3.23. The van der Waals surface area contributed by atoms with Crippen LogP contribution in [0.4, 0.5) is 0 Å². The molecule has 2 rings (SSSR count). The molecule has 4 heteroatoms. The summed E-state index contributed by atoms with van der Waals surface area (Å²) in [5, 5.41) is 4.84. The number of benzene rings is 1. The van der Waals surface area contributed by atoms with Crippen LogP contribution in [0.5, 0.6) is 0 Å². The fourth-order valence-corrected chi connectivity index (χ4v) is 2.68. The summed E-state index contributed by atoms with van der Waals surface area (Å²) in [5.41, 5.74) is 1.36. The Morgan fingerprint density at radius 1 is 1.35 bits per heavy atom. The topological polar surface area (TPSA) is 42.2 Å². The van der Waals surface area contributed by atoms with Gasteiger partial charge in [0, 0.05) is 16.8 Å². The summed E-state index contributed by atoms with van der Waals surface area (Å²) in [5.74, 6) is -0.0733. The molecule has 20 heavy (non-hydrogen) atoms. The zero-order valence-corrected chi connectivity index (χ0v) is 13.7. The maximum absolute atomic E-state index is 12.5. The highest BCUT2D eigenvalue weighted by molar-refractivity contribution is 9.09. The number of nitrogens with one attached hydrogen (secondary N) is 1. The number of fused-ring (bicyclic) bond motifs is 1. The molecular formula is C16H20BrNO2. The molecule has 0 radical (unpaired) electrons. The minimum atomic E-state index is -0.0733. The van der Waals surface area contributed by atoms with Crippen LogP contribution in [0.25, 0.3) is 11.0 Å². The largest absolute Gasteiger partial charge is 0.463 e. The Balaban J connectivity index is 2.23. The van der Waals surface area contributed by atoms with Gasteiger partial charge in [-0.3, -0.25) is 4.79 Å². The van der Waals surface area contributed by atoms with E-state index in [0.29, 0.717) is 5.56 Å². The van der Waals surface area contributed by atoms with Crippen molar-refractivity contribution in [2.24, 2.45) is 5.41 Å². The first-order valence-corrected chi connectivity index (χ1v) is 7.88. The van der Waals surface area contributed by atoms with Crippen LogP contribution in [0.1, 0.15) is 37.6 Å². The number of hydrogen-bond acceptors (Lipinski definition) is 2. The summed E-state index contributed by atoms with van der Waals surface area (Å²) >= 11 is 3.45. The van der Waals surface area contributed by atoms with Crippen LogP contribution in [0.3, 0.4) is 0 Å². The average molecular weight is 338 g/mol. The molecule has 0 aliphatic carbocycles. The molecule has 1 aromatic carbocycles. The lowest BCUT2D eigenvalue weighted by molar-refractivity contribution is 0.0901. The minimum absolute atomic E-state index is 0.0168. The van der Waals surface area contributed by atoms with Gasteiger partial charge in [0.05, 0.1) is 5.56 Å². The lowest BCUT2D eigenvalue weighted by atomic mass is 9.85. The first-order chi connectivity index (χ1) is 9.43. The van der Waals surface area contributed by atoms with Crippen LogP contribution in [-0.2, 0) is 0 Å². The summed E-state index contributed by atoms with van der Waals surface area (Å²) in [7, 11) is 0. The second kappa shape index (κ2) is 6.00. The number of carbonyl (C=O) groups is 1. The van der Waals surface area contributed by atoms with Gasteiger partial charge in [-0.2, -0.15) is 0 Å². The van der Waals surface area contributed by atoms with Gasteiger partial charge in [0.1, 0.15) is 11.8 Å². The molecule has 1 unspecified atom stereocenters. The Kier molecular flexibility index (Phi) is 4.53. The van der Waals surface area contributed by atoms with Gasteiger partial charge < -0.3 is 9.73 Å². The molecule has 2 aromatic rings. The van der Waals surface area contributed by atoms with Gasteiger partial charge in [0.25, 0.3) is 5.91 Å². The number of furan rings is 1. The van der Waals surface area contributed by atoms with E-state index in [1.807, 2.05) is 24.3 Å². The fraction of sp³-hybridized carbons (Fsp3) is 0.438. The molecule has 0 aliphatic rings. The van der Waals surface area contributed by atoms with Crippen molar-refractivity contribution in [1.82, 2.24) is 5.32 Å². The Hall–Kier alpha value is -1.29. The van der Waals surface area contributed by atoms with Crippen LogP contribution < -0.4 is 5.32 Å². The maximum atomic E-state index is 12.5. The molecule has 3 nitrogen and oxygen atoms in total. The van der Waals surface area contributed by atoms with Crippen LogP contribution in [0, 0.1) is 5.41 Å². The first-order valence-electron chi connectivity index (χ1n) is 6.76. The molecule has 1 atom stereocenters. The molecule has 1 heterocycles. The molecule has 108 valence electrons. The van der Waals surface area contributed by atoms with Crippen molar-refractivity contribution in [3.05, 3.63) is 36.1 Å². The van der Waals surface area contributed by atoms with E-state index in [4.69, 9.17) is 4.42 Å². The number of rotatable bonds is 4. The van der Waals surface area contributed by atoms with Gasteiger partial charge in [0.15, 0.2) is 0 Å². The van der Waals surface area contributed by atoms with E-state index in [2.05, 4.69) is 42.0 Å². The molecule has 1 amide bonds. The molecular weight excluding hydrogens is 318 g/mol. The van der Waals surface area contributed by atoms with Crippen molar-refractivity contribution < 1.29 is 9.21 Å². The third-order valence-electron chi connectivity index (χ3n) is 3.47. The molecule has 0 saturated heterocycles. The zero-order valence-electron chi connectivity index (χ0n) is 12.1. The minimum Gasteiger partial charge on any atom is -0.463 e. The summed E-state index contributed by atoms with van der Waals surface area (Å²) in [6, 6.07) is 7.70. The Bertz CT molecular complexity index is 598. The van der Waals surface area contributed by atoms with E-state index in [1.165, 1.54) is 6.26 Å². The van der Waals surface area contributed by atoms with Crippen molar-refractivity contribution in [1.29, 1.82) is 0 Å². The van der Waals surface area contributed by atoms with Gasteiger partial charge in [-0.15, -0.1) is 0 Å². The van der Waals surface area contributed by atoms with Gasteiger partial charge in [0.2, 0.25) is 0 Å². The second-order valence-electron chi connectivity index (χ2n) is 6.02. The summed E-state index contributed by atoms with van der Waals surface area (Å²) in [4.78, 5) is 12.5. The number of para-hydroxylation sites is 1. The summed E-state index contributed by atoms with van der Waals surface area (Å²) in [6.45, 7) is 6.40. The Labute approximate surface area is 127 Å². The van der Waals surface area contributed by atoms with Crippen LogP contribution in [0.2, 0.25) is 0 Å². The van der Waals surface area contributed by atoms with E-state index >= 15 is 0 Å². The van der Waals surface area contributed by atoms with E-state index in [1.54, 1.807) is 0 Å². The van der Waals surface area contributed by atoms with Crippen LogP contribution in [-0.4, -0.2) is 17.3 Å². The van der Waals surface area contributed by atoms with Gasteiger partial charge >= 0.3 is 0 Å². The predicted octanol–water partition coefficient (Wildman–Crippen LogP) is 4.36. The summed E-state index contributed by atoms with van der Waals surface area (Å²) in [6.07, 6.45) is 2.43. The Morgan fingerprint density at radius 2 is 2.05 bits per heavy atom. The zero-order chi connectivity index (χ0) is 14.8. The van der Waals surface area contributed by atoms with E-state index < -0.39 is 0 Å². The van der Waals surface area contributed by atoms with Crippen LogP contribution >= 0.6 is 15.9 Å². The highest BCUT2D eigenvalue weighted by atomic mass is 79.9. The molecule has 1 aromatic heterocycles. The number of hydrogen-bond donors (Lipinski definition) is 1. The quantitative estimate of drug-likeness (QED) is 0.842. The molecule has 1 N–H and O–H groups in total. The predicted molar refractivity (Wildman–Crippen MR) is 85.3 cm³/mol. The van der Waals surface area contributed by atoms with E-state index in [9.17, 15) is 4.79 Å². The average Bonchev–Trinajstić information content (AvgIpc) is 2.81. The normalized spacial score (nSPS) is 13.4. The van der Waals surface area contributed by atoms with E-state index in [0.717, 1.165) is 22.7 Å². The summed E-state index contributed by atoms with van der Waals surface area (Å²) < 4.78 is 5.43. The lowest BCUT2D eigenvalue weighted by Crippen LogP contribution is -2.43. The van der Waals surface area contributed by atoms with Crippen molar-refractivity contribution >= 4 is 32.8 Å². The SMILES string of the molecule is CC(C)(C)C(CCBr)NC(=O)c1coc2ccccc12. The van der Waals surface area contributed by atoms with Gasteiger partial charge in [-0.05, 0) is 17.9 Å². The lowest BCUT2D eigenvalue weighted by Gasteiger charge is -2.31. The van der Waals surface area contributed by atoms with Gasteiger partial charge in [-0.25, -0.2) is 0 Å². The highest BCUT2D eigenvalue weighted by Gasteiger charge is 2.26. The fourth-order valence-electron chi connectivity index (χ4n) is 2.22. The van der Waals surface area contributed by atoms with Crippen molar-refractivity contribution in [3.8, 4) is 0 Å². The molecule has 0 fully saturated rings. The Morgan fingerprint density at radius 3 is 2.70 bits per heavy atom. The first kappa shape index (κ1) is 15.1. The van der Waals surface area contributed by atoms with Gasteiger partial charge in [-0.1, -0.05) is 54.9 Å². The molecule has 0 bridgehead atoms. The number of alkyl halides is 1. The van der Waals surface area contributed by atoms with Crippen molar-refractivity contribution in [2.75, 3.05) is 5.33 Å². The number of halogens is 1.